The van der Waals surface area contributed by atoms with Crippen LogP contribution in [0.3, 0.4) is 0 Å². The third-order valence-electron chi connectivity index (χ3n) is 4.03. The lowest BCUT2D eigenvalue weighted by atomic mass is 9.95. The number of carbonyl (C=O) groups is 1. The molecule has 1 aromatic heterocycles. The second kappa shape index (κ2) is 6.23. The highest BCUT2D eigenvalue weighted by atomic mass is 32.2. The Bertz CT molecular complexity index is 798. The summed E-state index contributed by atoms with van der Waals surface area (Å²) in [5, 5.41) is 11.4. The van der Waals surface area contributed by atoms with Gasteiger partial charge in [-0.05, 0) is 6.07 Å². The number of aryl methyl sites for hydroxylation is 1. The van der Waals surface area contributed by atoms with Gasteiger partial charge in [-0.2, -0.15) is 16.9 Å². The fourth-order valence-corrected chi connectivity index (χ4v) is 3.68. The molecule has 0 spiro atoms. The summed E-state index contributed by atoms with van der Waals surface area (Å²) in [6.45, 7) is 3.13. The van der Waals surface area contributed by atoms with Gasteiger partial charge in [-0.1, -0.05) is 25.1 Å². The van der Waals surface area contributed by atoms with Crippen LogP contribution in [-0.2, 0) is 13.6 Å². The van der Waals surface area contributed by atoms with Crippen molar-refractivity contribution in [3.05, 3.63) is 40.3 Å². The normalized spacial score (nSPS) is 15.9. The van der Waals surface area contributed by atoms with Crippen molar-refractivity contribution in [3.63, 3.8) is 0 Å². The number of amides is 2. The van der Waals surface area contributed by atoms with Gasteiger partial charge >= 0.3 is 6.03 Å². The molecule has 2 heterocycles. The summed E-state index contributed by atoms with van der Waals surface area (Å²) in [5.74, 6) is 2.17. The molecule has 1 aliphatic heterocycles. The minimum Gasteiger partial charge on any atom is -0.338 e. The molecule has 0 unspecified atom stereocenters. The number of hydrogen-bond donors (Lipinski definition) is 2. The predicted molar refractivity (Wildman–Crippen MR) is 92.7 cm³/mol. The van der Waals surface area contributed by atoms with E-state index in [1.807, 2.05) is 30.0 Å². The van der Waals surface area contributed by atoms with Crippen LogP contribution in [0.2, 0.25) is 0 Å². The largest absolute Gasteiger partial charge is 0.338 e. The first kappa shape index (κ1) is 15.9. The number of benzene rings is 1. The molecule has 2 N–H and O–H groups in total. The summed E-state index contributed by atoms with van der Waals surface area (Å²) >= 11 is 1.90. The second-order valence-corrected chi connectivity index (χ2v) is 7.25. The Morgan fingerprint density at radius 1 is 1.30 bits per heavy atom. The number of hydrogen-bond acceptors (Lipinski definition) is 4. The number of nitrogens with zero attached hydrogens (tertiary/aromatic N) is 2. The van der Waals surface area contributed by atoms with E-state index >= 15 is 0 Å². The number of urea groups is 1. The average molecular weight is 332 g/mol. The summed E-state index contributed by atoms with van der Waals surface area (Å²) < 4.78 is 1.31. The van der Waals surface area contributed by atoms with Crippen LogP contribution in [0.15, 0.2) is 29.1 Å². The maximum Gasteiger partial charge on any atom is 0.315 e. The summed E-state index contributed by atoms with van der Waals surface area (Å²) in [7, 11) is 1.62. The molecular weight excluding hydrogens is 312 g/mol. The van der Waals surface area contributed by atoms with E-state index in [1.165, 1.54) is 4.68 Å². The monoisotopic (exact) mass is 332 g/mol. The molecule has 23 heavy (non-hydrogen) atoms. The van der Waals surface area contributed by atoms with Crippen LogP contribution in [0.4, 0.5) is 4.79 Å². The van der Waals surface area contributed by atoms with Crippen molar-refractivity contribution in [2.75, 3.05) is 18.1 Å². The Balaban J connectivity index is 1.68. The van der Waals surface area contributed by atoms with Gasteiger partial charge in [-0.3, -0.25) is 4.79 Å². The molecule has 1 fully saturated rings. The molecule has 0 bridgehead atoms. The zero-order valence-electron chi connectivity index (χ0n) is 13.3. The van der Waals surface area contributed by atoms with Crippen LogP contribution in [0, 0.1) is 5.41 Å². The topological polar surface area (TPSA) is 76.0 Å². The van der Waals surface area contributed by atoms with Gasteiger partial charge in [0, 0.05) is 35.9 Å². The fraction of sp³-hybridized carbons (Fsp3) is 0.438. The van der Waals surface area contributed by atoms with E-state index in [4.69, 9.17) is 0 Å². The zero-order valence-corrected chi connectivity index (χ0v) is 14.1. The van der Waals surface area contributed by atoms with E-state index in [9.17, 15) is 9.59 Å². The molecule has 1 saturated heterocycles. The lowest BCUT2D eigenvalue weighted by Crippen LogP contribution is -2.46. The first-order valence-corrected chi connectivity index (χ1v) is 8.68. The summed E-state index contributed by atoms with van der Waals surface area (Å²) in [4.78, 5) is 24.0. The van der Waals surface area contributed by atoms with Crippen LogP contribution in [-0.4, -0.2) is 33.9 Å². The van der Waals surface area contributed by atoms with E-state index in [0.29, 0.717) is 17.6 Å². The summed E-state index contributed by atoms with van der Waals surface area (Å²) in [6, 6.07) is 7.11. The van der Waals surface area contributed by atoms with Crippen molar-refractivity contribution in [3.8, 4) is 0 Å². The minimum absolute atomic E-state index is 0.135. The first-order valence-electron chi connectivity index (χ1n) is 7.53. The lowest BCUT2D eigenvalue weighted by molar-refractivity contribution is 0.235. The van der Waals surface area contributed by atoms with Crippen LogP contribution in [0.25, 0.3) is 10.8 Å². The number of fused-ring (bicyclic) bond motifs is 1. The quantitative estimate of drug-likeness (QED) is 0.889. The fourth-order valence-electron chi connectivity index (χ4n) is 2.58. The van der Waals surface area contributed by atoms with Gasteiger partial charge < -0.3 is 10.6 Å². The molecule has 1 aliphatic rings. The van der Waals surface area contributed by atoms with Crippen molar-refractivity contribution < 1.29 is 4.79 Å². The Morgan fingerprint density at radius 3 is 2.65 bits per heavy atom. The van der Waals surface area contributed by atoms with Crippen molar-refractivity contribution in [1.82, 2.24) is 20.4 Å². The lowest BCUT2D eigenvalue weighted by Gasteiger charge is -2.37. The van der Waals surface area contributed by atoms with Gasteiger partial charge in [0.15, 0.2) is 0 Å². The van der Waals surface area contributed by atoms with Crippen LogP contribution in [0.5, 0.6) is 0 Å². The number of carbonyl (C=O) groups excluding carboxylic acids is 1. The highest BCUT2D eigenvalue weighted by Gasteiger charge is 2.32. The van der Waals surface area contributed by atoms with Gasteiger partial charge in [0.05, 0.1) is 17.6 Å². The van der Waals surface area contributed by atoms with Crippen LogP contribution in [0.1, 0.15) is 12.6 Å². The third-order valence-corrected chi connectivity index (χ3v) is 5.83. The molecule has 122 valence electrons. The van der Waals surface area contributed by atoms with Gasteiger partial charge in [0.1, 0.15) is 0 Å². The van der Waals surface area contributed by atoms with Crippen molar-refractivity contribution in [1.29, 1.82) is 0 Å². The average Bonchev–Trinajstić information content (AvgIpc) is 2.53. The van der Waals surface area contributed by atoms with E-state index < -0.39 is 0 Å². The van der Waals surface area contributed by atoms with E-state index in [2.05, 4.69) is 22.7 Å². The number of nitrogens with one attached hydrogen (secondary N) is 2. The maximum atomic E-state index is 12.1. The number of aromatic nitrogens is 2. The van der Waals surface area contributed by atoms with E-state index in [-0.39, 0.29) is 23.6 Å². The highest BCUT2D eigenvalue weighted by molar-refractivity contribution is 8.00. The van der Waals surface area contributed by atoms with Crippen molar-refractivity contribution >= 4 is 28.6 Å². The molecule has 7 heteroatoms. The standard InChI is InChI=1S/C16H20N4O2S/c1-16(9-23-10-16)8-18-15(22)17-7-13-11-5-3-4-6-12(11)14(21)20(2)19-13/h3-6H,7-10H2,1-2H3,(H2,17,18,22). The molecule has 0 saturated carbocycles. The Labute approximate surface area is 138 Å². The van der Waals surface area contributed by atoms with Crippen LogP contribution < -0.4 is 16.2 Å². The molecule has 2 amide bonds. The van der Waals surface area contributed by atoms with Gasteiger partial charge in [-0.25, -0.2) is 9.48 Å². The number of thioether (sulfide) groups is 1. The van der Waals surface area contributed by atoms with Gasteiger partial charge in [0.2, 0.25) is 0 Å². The smallest absolute Gasteiger partial charge is 0.315 e. The Morgan fingerprint density at radius 2 is 2.00 bits per heavy atom. The van der Waals surface area contributed by atoms with Gasteiger partial charge in [0.25, 0.3) is 5.56 Å². The predicted octanol–water partition coefficient (Wildman–Crippen LogP) is 1.49. The van der Waals surface area contributed by atoms with Gasteiger partial charge in [-0.15, -0.1) is 0 Å². The minimum atomic E-state index is -0.206. The SMILES string of the molecule is Cn1nc(CNC(=O)NCC2(C)CSC2)c2ccccc2c1=O. The molecule has 1 aromatic carbocycles. The molecular formula is C16H20N4O2S. The van der Waals surface area contributed by atoms with E-state index in [1.54, 1.807) is 13.1 Å². The van der Waals surface area contributed by atoms with E-state index in [0.717, 1.165) is 16.9 Å². The van der Waals surface area contributed by atoms with Crippen molar-refractivity contribution in [2.24, 2.45) is 12.5 Å². The maximum absolute atomic E-state index is 12.1. The molecule has 0 aliphatic carbocycles. The summed E-state index contributed by atoms with van der Waals surface area (Å²) in [5.41, 5.74) is 0.760. The summed E-state index contributed by atoms with van der Waals surface area (Å²) in [6.07, 6.45) is 0. The van der Waals surface area contributed by atoms with Crippen LogP contribution >= 0.6 is 11.8 Å². The molecule has 0 atom stereocenters. The molecule has 0 radical (unpaired) electrons. The zero-order chi connectivity index (χ0) is 16.4. The Kier molecular flexibility index (Phi) is 4.30. The molecule has 3 rings (SSSR count). The highest BCUT2D eigenvalue weighted by Crippen LogP contribution is 2.36. The Hall–Kier alpha value is -2.02. The first-order chi connectivity index (χ1) is 11.0. The van der Waals surface area contributed by atoms with Crippen molar-refractivity contribution in [2.45, 2.75) is 13.5 Å². The number of rotatable bonds is 4. The molecule has 2 aromatic rings. The third kappa shape index (κ3) is 3.34. The molecule has 6 nitrogen and oxygen atoms in total. The second-order valence-electron chi connectivity index (χ2n) is 6.26.